The molecule has 0 saturated heterocycles. The number of carbonyl (C=O) groups is 2. The Morgan fingerprint density at radius 3 is 1.79 bits per heavy atom. The molecule has 0 radical (unpaired) electrons. The molecule has 0 aromatic carbocycles. The zero-order chi connectivity index (χ0) is 15.4. The lowest BCUT2D eigenvalue weighted by atomic mass is 9.90. The highest BCUT2D eigenvalue weighted by atomic mass is 16.4. The number of hydrogen-bond acceptors (Lipinski definition) is 3. The average molecular weight is 273 g/mol. The van der Waals surface area contributed by atoms with Crippen molar-refractivity contribution in [3.63, 3.8) is 0 Å². The van der Waals surface area contributed by atoms with Crippen LogP contribution < -0.4 is 5.32 Å². The van der Waals surface area contributed by atoms with E-state index in [0.717, 1.165) is 13.1 Å². The molecule has 0 aliphatic carbocycles. The van der Waals surface area contributed by atoms with Crippen molar-refractivity contribution in [2.45, 2.75) is 41.0 Å². The largest absolute Gasteiger partial charge is 0.481 e. The predicted molar refractivity (Wildman–Crippen MR) is 76.2 cm³/mol. The minimum absolute atomic E-state index is 0.0359. The first-order chi connectivity index (χ1) is 8.81. The molecule has 1 unspecified atom stereocenters. The Hall–Kier alpha value is -1.36. The summed E-state index contributed by atoms with van der Waals surface area (Å²) in [4.78, 5) is 21.6. The van der Waals surface area contributed by atoms with Crippen molar-refractivity contribution in [1.82, 2.24) is 5.32 Å². The van der Waals surface area contributed by atoms with Crippen LogP contribution in [0.5, 0.6) is 0 Å². The zero-order valence-electron chi connectivity index (χ0n) is 12.6. The van der Waals surface area contributed by atoms with E-state index >= 15 is 0 Å². The number of aliphatic carboxylic acids is 2. The highest BCUT2D eigenvalue weighted by Gasteiger charge is 2.27. The van der Waals surface area contributed by atoms with Gasteiger partial charge in [-0.2, -0.15) is 0 Å². The summed E-state index contributed by atoms with van der Waals surface area (Å²) in [6, 6.07) is 0. The normalized spacial score (nSPS) is 12.6. The van der Waals surface area contributed by atoms with Crippen LogP contribution in [0.3, 0.4) is 0 Å². The molecule has 1 atom stereocenters. The smallest absolute Gasteiger partial charge is 0.332 e. The second kappa shape index (κ2) is 11.7. The first-order valence-electron chi connectivity index (χ1n) is 6.64. The van der Waals surface area contributed by atoms with Gasteiger partial charge in [0, 0.05) is 5.57 Å². The predicted octanol–water partition coefficient (Wildman–Crippen LogP) is 2.38. The van der Waals surface area contributed by atoms with Gasteiger partial charge in [0.25, 0.3) is 0 Å². The fraction of sp³-hybridized carbons (Fsp3) is 0.714. The van der Waals surface area contributed by atoms with E-state index < -0.39 is 17.9 Å². The maximum atomic E-state index is 10.8. The Labute approximate surface area is 115 Å². The van der Waals surface area contributed by atoms with Crippen molar-refractivity contribution >= 4 is 11.9 Å². The third-order valence-electron chi connectivity index (χ3n) is 2.44. The molecule has 0 saturated carbocycles. The number of rotatable bonds is 7. The van der Waals surface area contributed by atoms with E-state index in [4.69, 9.17) is 10.2 Å². The molecule has 5 nitrogen and oxygen atoms in total. The topological polar surface area (TPSA) is 86.6 Å². The summed E-state index contributed by atoms with van der Waals surface area (Å²) in [5.41, 5.74) is -0.0359. The number of carboxylic acid groups (broad SMARTS) is 2. The second-order valence-electron chi connectivity index (χ2n) is 4.53. The van der Waals surface area contributed by atoms with Gasteiger partial charge in [0.2, 0.25) is 0 Å². The van der Waals surface area contributed by atoms with Crippen LogP contribution >= 0.6 is 0 Å². The molecule has 5 heteroatoms. The van der Waals surface area contributed by atoms with Crippen LogP contribution in [-0.2, 0) is 9.59 Å². The highest BCUT2D eigenvalue weighted by Crippen LogP contribution is 2.20. The molecule has 0 aliphatic rings. The third-order valence-corrected chi connectivity index (χ3v) is 2.44. The van der Waals surface area contributed by atoms with Gasteiger partial charge in [-0.05, 0) is 32.4 Å². The number of hydrogen-bond donors (Lipinski definition) is 3. The minimum Gasteiger partial charge on any atom is -0.481 e. The van der Waals surface area contributed by atoms with Gasteiger partial charge < -0.3 is 15.5 Å². The van der Waals surface area contributed by atoms with Gasteiger partial charge >= 0.3 is 11.9 Å². The van der Waals surface area contributed by atoms with Gasteiger partial charge in [-0.3, -0.25) is 4.79 Å². The van der Waals surface area contributed by atoms with Crippen molar-refractivity contribution in [3.05, 3.63) is 11.6 Å². The Balaban J connectivity index is 0. The molecule has 0 amide bonds. The minimum atomic E-state index is -1.15. The van der Waals surface area contributed by atoms with Crippen molar-refractivity contribution in [2.24, 2.45) is 11.8 Å². The van der Waals surface area contributed by atoms with Gasteiger partial charge in [0.15, 0.2) is 0 Å². The molecular weight excluding hydrogens is 246 g/mol. The molecule has 0 bridgehead atoms. The average Bonchev–Trinajstić information content (AvgIpc) is 2.29. The summed E-state index contributed by atoms with van der Waals surface area (Å²) < 4.78 is 0. The van der Waals surface area contributed by atoms with Crippen molar-refractivity contribution in [3.8, 4) is 0 Å². The fourth-order valence-electron chi connectivity index (χ4n) is 1.56. The van der Waals surface area contributed by atoms with Gasteiger partial charge in [0.05, 0.1) is 5.92 Å². The van der Waals surface area contributed by atoms with Gasteiger partial charge in [-0.1, -0.05) is 33.8 Å². The number of nitrogens with one attached hydrogen (secondary N) is 1. The Morgan fingerprint density at radius 2 is 1.63 bits per heavy atom. The monoisotopic (exact) mass is 273 g/mol. The molecule has 112 valence electrons. The molecule has 0 spiro atoms. The first kappa shape index (κ1) is 20.0. The standard InChI is InChI=1S/C10H16O4.C4H11N/c1-4-7(9(11)12)8(10(13)14)5-6(2)3;1-3-5-4-2/h4,6,8H,5H2,1-3H3,(H,11,12)(H,13,14);5H,3-4H2,1-2H3. The summed E-state index contributed by atoms with van der Waals surface area (Å²) in [5.74, 6) is -2.97. The summed E-state index contributed by atoms with van der Waals surface area (Å²) in [5, 5.41) is 20.8. The van der Waals surface area contributed by atoms with Gasteiger partial charge in [-0.25, -0.2) is 4.79 Å². The van der Waals surface area contributed by atoms with Crippen LogP contribution in [-0.4, -0.2) is 35.2 Å². The van der Waals surface area contributed by atoms with E-state index in [1.54, 1.807) is 6.92 Å². The summed E-state index contributed by atoms with van der Waals surface area (Å²) in [6.45, 7) is 11.7. The number of allylic oxidation sites excluding steroid dienone is 1. The molecular formula is C14H27NO4. The Bertz CT molecular complexity index is 296. The first-order valence-corrected chi connectivity index (χ1v) is 6.64. The quantitative estimate of drug-likeness (QED) is 0.620. The molecule has 0 rings (SSSR count). The third kappa shape index (κ3) is 10.3. The lowest BCUT2D eigenvalue weighted by Crippen LogP contribution is -2.22. The van der Waals surface area contributed by atoms with Crippen molar-refractivity contribution in [1.29, 1.82) is 0 Å². The van der Waals surface area contributed by atoms with E-state index in [1.165, 1.54) is 6.08 Å². The van der Waals surface area contributed by atoms with E-state index in [1.807, 2.05) is 13.8 Å². The summed E-state index contributed by atoms with van der Waals surface area (Å²) >= 11 is 0. The van der Waals surface area contributed by atoms with Gasteiger partial charge in [0.1, 0.15) is 0 Å². The molecule has 0 aromatic heterocycles. The number of carboxylic acids is 2. The lowest BCUT2D eigenvalue weighted by molar-refractivity contribution is -0.144. The van der Waals surface area contributed by atoms with Crippen LogP contribution in [0.15, 0.2) is 11.6 Å². The Kier molecular flexibility index (Phi) is 12.3. The molecule has 19 heavy (non-hydrogen) atoms. The molecule has 0 aliphatic heterocycles. The lowest BCUT2D eigenvalue weighted by Gasteiger charge is -2.14. The highest BCUT2D eigenvalue weighted by molar-refractivity contribution is 5.93. The molecule has 0 fully saturated rings. The second-order valence-corrected chi connectivity index (χ2v) is 4.53. The van der Waals surface area contributed by atoms with E-state index in [-0.39, 0.29) is 11.5 Å². The van der Waals surface area contributed by atoms with Crippen LogP contribution in [0.2, 0.25) is 0 Å². The van der Waals surface area contributed by atoms with Crippen molar-refractivity contribution < 1.29 is 19.8 Å². The van der Waals surface area contributed by atoms with Crippen LogP contribution in [0.1, 0.15) is 41.0 Å². The fourth-order valence-corrected chi connectivity index (χ4v) is 1.56. The van der Waals surface area contributed by atoms with Crippen LogP contribution in [0.25, 0.3) is 0 Å². The summed E-state index contributed by atoms with van der Waals surface area (Å²) in [7, 11) is 0. The van der Waals surface area contributed by atoms with E-state index in [2.05, 4.69) is 19.2 Å². The maximum absolute atomic E-state index is 10.8. The van der Waals surface area contributed by atoms with Crippen molar-refractivity contribution in [2.75, 3.05) is 13.1 Å². The molecule has 0 heterocycles. The molecule has 3 N–H and O–H groups in total. The molecule has 0 aromatic rings. The zero-order valence-corrected chi connectivity index (χ0v) is 12.6. The van der Waals surface area contributed by atoms with E-state index in [0.29, 0.717) is 6.42 Å². The Morgan fingerprint density at radius 1 is 1.16 bits per heavy atom. The summed E-state index contributed by atoms with van der Waals surface area (Å²) in [6.07, 6.45) is 1.70. The maximum Gasteiger partial charge on any atom is 0.332 e. The van der Waals surface area contributed by atoms with Crippen LogP contribution in [0.4, 0.5) is 0 Å². The SMILES string of the molecule is CC=C(C(=O)O)C(CC(C)C)C(=O)O.CCNCC. The van der Waals surface area contributed by atoms with Gasteiger partial charge in [-0.15, -0.1) is 0 Å². The van der Waals surface area contributed by atoms with E-state index in [9.17, 15) is 9.59 Å². The van der Waals surface area contributed by atoms with Crippen LogP contribution in [0, 0.1) is 11.8 Å².